The molecule has 1 saturated carbocycles. The van der Waals surface area contributed by atoms with Crippen LogP contribution < -0.4 is 10.6 Å². The van der Waals surface area contributed by atoms with Crippen molar-refractivity contribution in [3.63, 3.8) is 0 Å². The first-order chi connectivity index (χ1) is 12.8. The molecule has 9 nitrogen and oxygen atoms in total. The van der Waals surface area contributed by atoms with E-state index in [1.54, 1.807) is 0 Å². The Kier molecular flexibility index (Phi) is 5.07. The Balaban J connectivity index is 1.27. The van der Waals surface area contributed by atoms with Gasteiger partial charge >= 0.3 is 6.03 Å². The van der Waals surface area contributed by atoms with E-state index < -0.39 is 0 Å². The van der Waals surface area contributed by atoms with Crippen molar-refractivity contribution in [1.82, 2.24) is 30.4 Å². The summed E-state index contributed by atoms with van der Waals surface area (Å²) in [7, 11) is 0. The molecule has 2 aromatic rings. The van der Waals surface area contributed by atoms with Gasteiger partial charge in [0.25, 0.3) is 0 Å². The third kappa shape index (κ3) is 4.17. The quantitative estimate of drug-likeness (QED) is 0.804. The van der Waals surface area contributed by atoms with Crippen molar-refractivity contribution in [1.29, 1.82) is 0 Å². The van der Waals surface area contributed by atoms with Crippen LogP contribution in [0.5, 0.6) is 0 Å². The number of hydrogen-bond donors (Lipinski definition) is 2. The number of nitrogens with one attached hydrogen (secondary N) is 2. The van der Waals surface area contributed by atoms with E-state index in [0.717, 1.165) is 62.8 Å². The second kappa shape index (κ2) is 7.79. The van der Waals surface area contributed by atoms with Crippen molar-refractivity contribution < 1.29 is 9.53 Å². The summed E-state index contributed by atoms with van der Waals surface area (Å²) in [5, 5.41) is 17.7. The predicted molar refractivity (Wildman–Crippen MR) is 95.8 cm³/mol. The second-order valence-electron chi connectivity index (χ2n) is 6.59. The molecular formula is C17H23N7O2. The number of nitrogens with zero attached hydrogens (tertiary/aromatic N) is 5. The number of urea groups is 1. The number of morpholine rings is 1. The van der Waals surface area contributed by atoms with Crippen LogP contribution in [0.1, 0.15) is 18.9 Å². The van der Waals surface area contributed by atoms with E-state index in [9.17, 15) is 4.79 Å². The van der Waals surface area contributed by atoms with Crippen molar-refractivity contribution in [2.45, 2.75) is 18.9 Å². The second-order valence-corrected chi connectivity index (χ2v) is 6.59. The Morgan fingerprint density at radius 2 is 1.96 bits per heavy atom. The van der Waals surface area contributed by atoms with Crippen LogP contribution in [0.3, 0.4) is 0 Å². The van der Waals surface area contributed by atoms with Gasteiger partial charge < -0.3 is 15.4 Å². The number of rotatable bonds is 6. The molecule has 9 heteroatoms. The Morgan fingerprint density at radius 3 is 2.69 bits per heavy atom. The maximum atomic E-state index is 12.0. The first kappa shape index (κ1) is 16.9. The van der Waals surface area contributed by atoms with E-state index in [4.69, 9.17) is 4.74 Å². The lowest BCUT2D eigenvalue weighted by atomic mass is 10.2. The summed E-state index contributed by atoms with van der Waals surface area (Å²) in [5.74, 6) is 0.772. The molecule has 1 aromatic carbocycles. The lowest BCUT2D eigenvalue weighted by molar-refractivity contribution is 0.0388. The van der Waals surface area contributed by atoms with E-state index in [-0.39, 0.29) is 6.03 Å². The fraction of sp³-hybridized carbons (Fsp3) is 0.529. The van der Waals surface area contributed by atoms with Crippen LogP contribution in [-0.2, 0) is 4.74 Å². The number of anilines is 1. The van der Waals surface area contributed by atoms with E-state index in [1.165, 1.54) is 0 Å². The van der Waals surface area contributed by atoms with E-state index in [1.807, 2.05) is 28.9 Å². The van der Waals surface area contributed by atoms with Gasteiger partial charge in [-0.15, -0.1) is 5.10 Å². The monoisotopic (exact) mass is 357 g/mol. The molecular weight excluding hydrogens is 334 g/mol. The maximum absolute atomic E-state index is 12.0. The molecule has 2 N–H and O–H groups in total. The molecule has 1 aromatic heterocycles. The number of hydrogen-bond acceptors (Lipinski definition) is 6. The normalized spacial score (nSPS) is 17.8. The average Bonchev–Trinajstić information content (AvgIpc) is 3.40. The van der Waals surface area contributed by atoms with Crippen LogP contribution in [0, 0.1) is 0 Å². The smallest absolute Gasteiger partial charge is 0.319 e. The van der Waals surface area contributed by atoms with Crippen LogP contribution in [0.15, 0.2) is 24.3 Å². The summed E-state index contributed by atoms with van der Waals surface area (Å²) >= 11 is 0. The summed E-state index contributed by atoms with van der Waals surface area (Å²) in [6.07, 6.45) is 2.25. The molecule has 138 valence electrons. The molecule has 1 saturated heterocycles. The van der Waals surface area contributed by atoms with E-state index in [0.29, 0.717) is 12.6 Å². The SMILES string of the molecule is O=C(NCCN1CCOCC1)Nc1ccc(-c2nnnn2C2CC2)cc1. The summed E-state index contributed by atoms with van der Waals surface area (Å²) in [6, 6.07) is 7.80. The third-order valence-electron chi connectivity index (χ3n) is 4.60. The molecule has 1 aliphatic carbocycles. The van der Waals surface area contributed by atoms with E-state index in [2.05, 4.69) is 31.1 Å². The van der Waals surface area contributed by atoms with Gasteiger partial charge in [0.15, 0.2) is 5.82 Å². The number of carbonyl (C=O) groups excluding carboxylic acids is 1. The number of ether oxygens (including phenoxy) is 1. The predicted octanol–water partition coefficient (Wildman–Crippen LogP) is 1.13. The van der Waals surface area contributed by atoms with Crippen molar-refractivity contribution in [2.24, 2.45) is 0 Å². The Morgan fingerprint density at radius 1 is 1.19 bits per heavy atom. The van der Waals surface area contributed by atoms with Crippen molar-refractivity contribution in [2.75, 3.05) is 44.7 Å². The van der Waals surface area contributed by atoms with Crippen LogP contribution in [-0.4, -0.2) is 70.5 Å². The van der Waals surface area contributed by atoms with Crippen LogP contribution >= 0.6 is 0 Å². The first-order valence-electron chi connectivity index (χ1n) is 9.03. The zero-order valence-corrected chi connectivity index (χ0v) is 14.6. The van der Waals surface area contributed by atoms with Crippen molar-refractivity contribution >= 4 is 11.7 Å². The van der Waals surface area contributed by atoms with Gasteiger partial charge in [0.1, 0.15) is 0 Å². The molecule has 26 heavy (non-hydrogen) atoms. The zero-order valence-electron chi connectivity index (χ0n) is 14.6. The molecule has 4 rings (SSSR count). The highest BCUT2D eigenvalue weighted by molar-refractivity contribution is 5.89. The lowest BCUT2D eigenvalue weighted by Crippen LogP contribution is -2.42. The standard InChI is InChI=1S/C17H23N7O2/c25-17(18-7-8-23-9-11-26-12-10-23)19-14-3-1-13(2-4-14)16-20-21-22-24(16)15-5-6-15/h1-4,15H,5-12H2,(H2,18,19,25). The minimum Gasteiger partial charge on any atom is -0.379 e. The van der Waals surface area contributed by atoms with Gasteiger partial charge in [0.05, 0.1) is 19.3 Å². The van der Waals surface area contributed by atoms with Gasteiger partial charge in [-0.3, -0.25) is 4.90 Å². The molecule has 2 aliphatic rings. The number of amides is 2. The highest BCUT2D eigenvalue weighted by Crippen LogP contribution is 2.36. The first-order valence-corrected chi connectivity index (χ1v) is 9.03. The molecule has 0 atom stereocenters. The minimum absolute atomic E-state index is 0.200. The van der Waals surface area contributed by atoms with Crippen LogP contribution in [0.4, 0.5) is 10.5 Å². The topological polar surface area (TPSA) is 97.2 Å². The van der Waals surface area contributed by atoms with Gasteiger partial charge in [-0.05, 0) is 47.5 Å². The van der Waals surface area contributed by atoms with E-state index >= 15 is 0 Å². The number of tetrazole rings is 1. The molecule has 0 radical (unpaired) electrons. The molecule has 0 bridgehead atoms. The van der Waals surface area contributed by atoms with Gasteiger partial charge in [-0.25, -0.2) is 9.48 Å². The van der Waals surface area contributed by atoms with Crippen molar-refractivity contribution in [3.8, 4) is 11.4 Å². The maximum Gasteiger partial charge on any atom is 0.319 e. The Bertz CT molecular complexity index is 736. The highest BCUT2D eigenvalue weighted by atomic mass is 16.5. The fourth-order valence-electron chi connectivity index (χ4n) is 2.98. The van der Waals surface area contributed by atoms with Gasteiger partial charge in [0, 0.05) is 37.4 Å². The van der Waals surface area contributed by atoms with Gasteiger partial charge in [0.2, 0.25) is 0 Å². The van der Waals surface area contributed by atoms with Crippen molar-refractivity contribution in [3.05, 3.63) is 24.3 Å². The number of aromatic nitrogens is 4. The molecule has 0 unspecified atom stereocenters. The lowest BCUT2D eigenvalue weighted by Gasteiger charge is -2.26. The fourth-order valence-corrected chi connectivity index (χ4v) is 2.98. The summed E-state index contributed by atoms with van der Waals surface area (Å²) in [5.41, 5.74) is 1.68. The molecule has 2 amide bonds. The van der Waals surface area contributed by atoms with Crippen LogP contribution in [0.25, 0.3) is 11.4 Å². The summed E-state index contributed by atoms with van der Waals surface area (Å²) in [4.78, 5) is 14.3. The molecule has 2 fully saturated rings. The molecule has 2 heterocycles. The number of benzene rings is 1. The zero-order chi connectivity index (χ0) is 17.8. The Labute approximate surface area is 151 Å². The third-order valence-corrected chi connectivity index (χ3v) is 4.60. The molecule has 1 aliphatic heterocycles. The molecule has 0 spiro atoms. The highest BCUT2D eigenvalue weighted by Gasteiger charge is 2.28. The van der Waals surface area contributed by atoms with Crippen LogP contribution in [0.2, 0.25) is 0 Å². The van der Waals surface area contributed by atoms with Gasteiger partial charge in [-0.1, -0.05) is 0 Å². The average molecular weight is 357 g/mol. The Hall–Kier alpha value is -2.52. The minimum atomic E-state index is -0.200. The summed E-state index contributed by atoms with van der Waals surface area (Å²) < 4.78 is 7.19. The van der Waals surface area contributed by atoms with Gasteiger partial charge in [-0.2, -0.15) is 0 Å². The number of carbonyl (C=O) groups is 1. The summed E-state index contributed by atoms with van der Waals surface area (Å²) in [6.45, 7) is 4.82. The largest absolute Gasteiger partial charge is 0.379 e.